The minimum atomic E-state index is 0.993. The van der Waals surface area contributed by atoms with Crippen LogP contribution in [-0.2, 0) is 0 Å². The van der Waals surface area contributed by atoms with Gasteiger partial charge in [0.15, 0.2) is 0 Å². The highest BCUT2D eigenvalue weighted by molar-refractivity contribution is 5.26. The van der Waals surface area contributed by atoms with Crippen molar-refractivity contribution in [3.8, 4) is 0 Å². The standard InChI is InChI=1S/C7H8.C6H9N.2C2H6/c1-7-5-3-2-4-6-7;1-6(2)4-5-7-3;2*1-2/h2-6H,1H3;4-5H,1,3H2,2H3;2*1-2H3/b;5-4-;;. The third kappa shape index (κ3) is 23.9. The van der Waals surface area contributed by atoms with Crippen molar-refractivity contribution < 1.29 is 0 Å². The first kappa shape index (κ1) is 21.6. The van der Waals surface area contributed by atoms with E-state index in [0.717, 1.165) is 5.57 Å². The average Bonchev–Trinajstić information content (AvgIpc) is 2.42. The van der Waals surface area contributed by atoms with Crippen molar-refractivity contribution in [3.63, 3.8) is 0 Å². The van der Waals surface area contributed by atoms with Crippen molar-refractivity contribution in [3.05, 3.63) is 60.3 Å². The first-order valence-corrected chi connectivity index (χ1v) is 6.46. The van der Waals surface area contributed by atoms with E-state index < -0.39 is 0 Å². The van der Waals surface area contributed by atoms with Gasteiger partial charge >= 0.3 is 0 Å². The molecule has 0 fully saturated rings. The van der Waals surface area contributed by atoms with E-state index in [1.165, 1.54) is 5.56 Å². The molecule has 1 rings (SSSR count). The molecule has 0 spiro atoms. The van der Waals surface area contributed by atoms with E-state index in [0.29, 0.717) is 0 Å². The van der Waals surface area contributed by atoms with E-state index in [4.69, 9.17) is 0 Å². The van der Waals surface area contributed by atoms with Gasteiger partial charge in [0.25, 0.3) is 0 Å². The van der Waals surface area contributed by atoms with Crippen molar-refractivity contribution in [1.29, 1.82) is 0 Å². The molecule has 1 heteroatoms. The summed E-state index contributed by atoms with van der Waals surface area (Å²) in [6.07, 6.45) is 3.41. The number of rotatable bonds is 2. The molecule has 102 valence electrons. The highest BCUT2D eigenvalue weighted by Gasteiger charge is 1.72. The van der Waals surface area contributed by atoms with E-state index in [1.54, 1.807) is 12.3 Å². The van der Waals surface area contributed by atoms with Crippen LogP contribution in [0.25, 0.3) is 0 Å². The fraction of sp³-hybridized carbons (Fsp3) is 0.353. The van der Waals surface area contributed by atoms with Crippen LogP contribution in [0.2, 0.25) is 0 Å². The lowest BCUT2D eigenvalue weighted by Gasteiger charge is -1.82. The number of nitrogens with zero attached hydrogens (tertiary/aromatic N) is 1. The van der Waals surface area contributed by atoms with Gasteiger partial charge in [0.2, 0.25) is 0 Å². The highest BCUT2D eigenvalue weighted by Crippen LogP contribution is 1.92. The lowest BCUT2D eigenvalue weighted by Crippen LogP contribution is -1.62. The molecule has 0 aromatic heterocycles. The largest absolute Gasteiger partial charge is 0.273 e. The fourth-order valence-corrected chi connectivity index (χ4v) is 0.714. The Morgan fingerprint density at radius 3 is 1.67 bits per heavy atom. The topological polar surface area (TPSA) is 12.4 Å². The molecule has 0 bridgehead atoms. The maximum atomic E-state index is 3.62. The summed E-state index contributed by atoms with van der Waals surface area (Å²) in [5, 5.41) is 0. The second-order valence-electron chi connectivity index (χ2n) is 3.00. The number of allylic oxidation sites excluding steroid dienone is 2. The SMILES string of the molecule is C=N/C=C\C(=C)C.CC.CC.Cc1ccccc1. The lowest BCUT2D eigenvalue weighted by molar-refractivity contribution is 1.48. The summed E-state index contributed by atoms with van der Waals surface area (Å²) < 4.78 is 0. The molecule has 1 nitrogen and oxygen atoms in total. The molecule has 0 saturated heterocycles. The average molecular weight is 247 g/mol. The van der Waals surface area contributed by atoms with Crippen LogP contribution in [0.15, 0.2) is 59.8 Å². The fourth-order valence-electron chi connectivity index (χ4n) is 0.714. The normalized spacial score (nSPS) is 7.67. The van der Waals surface area contributed by atoms with Gasteiger partial charge in [0.1, 0.15) is 0 Å². The van der Waals surface area contributed by atoms with Crippen LogP contribution < -0.4 is 0 Å². The zero-order chi connectivity index (χ0) is 14.8. The van der Waals surface area contributed by atoms with Crippen molar-refractivity contribution in [2.75, 3.05) is 0 Å². The van der Waals surface area contributed by atoms with Crippen LogP contribution in [0.4, 0.5) is 0 Å². The Labute approximate surface area is 114 Å². The first-order valence-electron chi connectivity index (χ1n) is 6.46. The summed E-state index contributed by atoms with van der Waals surface area (Å²) in [6, 6.07) is 10.3. The number of aryl methyl sites for hydroxylation is 1. The predicted octanol–water partition coefficient (Wildman–Crippen LogP) is 5.82. The maximum Gasteiger partial charge on any atom is 0.0262 e. The zero-order valence-corrected chi connectivity index (χ0v) is 12.9. The molecule has 0 amide bonds. The number of aliphatic imine (C=N–C) groups is 1. The third-order valence-electron chi connectivity index (χ3n) is 1.40. The number of hydrogen-bond donors (Lipinski definition) is 0. The van der Waals surface area contributed by atoms with Crippen molar-refractivity contribution >= 4 is 6.72 Å². The molecular weight excluding hydrogens is 218 g/mol. The van der Waals surface area contributed by atoms with Crippen molar-refractivity contribution in [2.45, 2.75) is 41.5 Å². The van der Waals surface area contributed by atoms with Gasteiger partial charge in [0.05, 0.1) is 0 Å². The van der Waals surface area contributed by atoms with E-state index in [2.05, 4.69) is 37.3 Å². The minimum absolute atomic E-state index is 0.993. The Hall–Kier alpha value is -1.63. The van der Waals surface area contributed by atoms with Gasteiger partial charge in [-0.1, -0.05) is 75.7 Å². The lowest BCUT2D eigenvalue weighted by atomic mass is 10.2. The molecule has 1 aromatic rings. The quantitative estimate of drug-likeness (QED) is 0.461. The van der Waals surface area contributed by atoms with Crippen LogP contribution >= 0.6 is 0 Å². The van der Waals surface area contributed by atoms with Crippen LogP contribution in [0.5, 0.6) is 0 Å². The van der Waals surface area contributed by atoms with E-state index >= 15 is 0 Å². The Bertz CT molecular complexity index is 297. The van der Waals surface area contributed by atoms with Crippen molar-refractivity contribution in [2.24, 2.45) is 4.99 Å². The predicted molar refractivity (Wildman–Crippen MR) is 87.4 cm³/mol. The van der Waals surface area contributed by atoms with Gasteiger partial charge < -0.3 is 0 Å². The Morgan fingerprint density at radius 2 is 1.50 bits per heavy atom. The van der Waals surface area contributed by atoms with Gasteiger partial charge in [-0.15, -0.1) is 0 Å². The summed E-state index contributed by atoms with van der Waals surface area (Å²) in [5.74, 6) is 0. The first-order chi connectivity index (χ1) is 8.66. The van der Waals surface area contributed by atoms with Crippen LogP contribution in [0, 0.1) is 6.92 Å². The molecule has 1 aromatic carbocycles. The van der Waals surface area contributed by atoms with Crippen LogP contribution in [0.1, 0.15) is 40.2 Å². The number of benzene rings is 1. The second kappa shape index (κ2) is 20.7. The molecule has 0 radical (unpaired) electrons. The molecule has 0 saturated carbocycles. The smallest absolute Gasteiger partial charge is 0.0262 e. The van der Waals surface area contributed by atoms with Crippen LogP contribution in [0.3, 0.4) is 0 Å². The Morgan fingerprint density at radius 1 is 1.06 bits per heavy atom. The summed E-state index contributed by atoms with van der Waals surface area (Å²) in [4.78, 5) is 3.48. The van der Waals surface area contributed by atoms with Gasteiger partial charge in [-0.2, -0.15) is 0 Å². The Balaban J connectivity index is -0.000000196. The molecule has 0 atom stereocenters. The van der Waals surface area contributed by atoms with E-state index in [9.17, 15) is 0 Å². The van der Waals surface area contributed by atoms with Crippen LogP contribution in [-0.4, -0.2) is 6.72 Å². The second-order valence-corrected chi connectivity index (χ2v) is 3.00. The molecule has 0 N–H and O–H groups in total. The van der Waals surface area contributed by atoms with Gasteiger partial charge in [-0.25, -0.2) is 0 Å². The van der Waals surface area contributed by atoms with Gasteiger partial charge in [-0.3, -0.25) is 4.99 Å². The minimum Gasteiger partial charge on any atom is -0.273 e. The van der Waals surface area contributed by atoms with Gasteiger partial charge in [-0.05, 0) is 26.6 Å². The summed E-state index contributed by atoms with van der Waals surface area (Å²) in [7, 11) is 0. The third-order valence-corrected chi connectivity index (χ3v) is 1.40. The molecule has 0 heterocycles. The monoisotopic (exact) mass is 247 g/mol. The molecule has 0 unspecified atom stereocenters. The molecule has 18 heavy (non-hydrogen) atoms. The van der Waals surface area contributed by atoms with Gasteiger partial charge in [0, 0.05) is 6.20 Å². The maximum absolute atomic E-state index is 3.62. The van der Waals surface area contributed by atoms with E-state index in [1.807, 2.05) is 52.8 Å². The summed E-state index contributed by atoms with van der Waals surface area (Å²) >= 11 is 0. The highest BCUT2D eigenvalue weighted by atomic mass is 14.6. The molecule has 0 aliphatic rings. The summed E-state index contributed by atoms with van der Waals surface area (Å²) in [5.41, 5.74) is 2.31. The molecule has 0 aliphatic carbocycles. The van der Waals surface area contributed by atoms with Crippen molar-refractivity contribution in [1.82, 2.24) is 0 Å². The molecule has 0 aliphatic heterocycles. The molecular formula is C17H29N. The summed E-state index contributed by atoms with van der Waals surface area (Å²) in [6.45, 7) is 18.9. The number of hydrogen-bond acceptors (Lipinski definition) is 1. The Kier molecular flexibility index (Phi) is 24.9. The zero-order valence-electron chi connectivity index (χ0n) is 12.9. The van der Waals surface area contributed by atoms with E-state index in [-0.39, 0.29) is 0 Å².